The van der Waals surface area contributed by atoms with Crippen LogP contribution >= 0.6 is 23.1 Å². The lowest BCUT2D eigenvalue weighted by Gasteiger charge is -2.30. The van der Waals surface area contributed by atoms with Crippen LogP contribution in [0.2, 0.25) is 0 Å². The fourth-order valence-corrected chi connectivity index (χ4v) is 7.50. The van der Waals surface area contributed by atoms with E-state index in [0.717, 1.165) is 27.3 Å². The number of thiazole rings is 1. The van der Waals surface area contributed by atoms with Crippen molar-refractivity contribution in [2.75, 3.05) is 16.8 Å². The number of nitrogens with one attached hydrogen (secondary N) is 2. The molecular weight excluding hydrogens is 534 g/mol. The Balaban J connectivity index is 1.30. The van der Waals surface area contributed by atoms with E-state index in [2.05, 4.69) is 10.3 Å². The summed E-state index contributed by atoms with van der Waals surface area (Å²) in [5, 5.41) is 2.71. The zero-order valence-corrected chi connectivity index (χ0v) is 22.4. The summed E-state index contributed by atoms with van der Waals surface area (Å²) in [7, 11) is 0. The van der Waals surface area contributed by atoms with E-state index in [9.17, 15) is 19.2 Å². The number of aryl methyl sites for hydroxylation is 1. The monoisotopic (exact) mass is 557 g/mol. The van der Waals surface area contributed by atoms with Crippen molar-refractivity contribution in [1.29, 1.82) is 0 Å². The van der Waals surface area contributed by atoms with Crippen molar-refractivity contribution in [2.24, 2.45) is 5.92 Å². The van der Waals surface area contributed by atoms with Crippen molar-refractivity contribution in [1.82, 2.24) is 4.98 Å². The van der Waals surface area contributed by atoms with Crippen LogP contribution in [0.1, 0.15) is 21.9 Å². The molecule has 6 rings (SSSR count). The number of thioether (sulfide) groups is 1. The molecule has 2 aliphatic heterocycles. The smallest absolute Gasteiger partial charge is 0.305 e. The number of hydrogen-bond acceptors (Lipinski definition) is 7. The molecule has 0 radical (unpaired) electrons. The number of carbonyl (C=O) groups is 3. The highest BCUT2D eigenvalue weighted by Gasteiger charge is 2.56. The Labute approximate surface area is 232 Å². The number of hydrogen-bond donors (Lipinski definition) is 2. The second kappa shape index (κ2) is 10.2. The molecular formula is C29H23N3O5S2. The number of anilines is 2. The Hall–Kier alpha value is -4.15. The van der Waals surface area contributed by atoms with Gasteiger partial charge in [-0.25, -0.2) is 4.90 Å². The van der Waals surface area contributed by atoms with Gasteiger partial charge in [0.15, 0.2) is 6.61 Å². The molecule has 4 aromatic rings. The number of carbonyl (C=O) groups excluding carboxylic acids is 3. The van der Waals surface area contributed by atoms with Gasteiger partial charge in [-0.05, 0) is 48.9 Å². The van der Waals surface area contributed by atoms with Crippen molar-refractivity contribution in [3.8, 4) is 5.75 Å². The van der Waals surface area contributed by atoms with Gasteiger partial charge in [0, 0.05) is 16.5 Å². The molecule has 3 unspecified atom stereocenters. The molecule has 10 heteroatoms. The second-order valence-corrected chi connectivity index (χ2v) is 11.5. The van der Waals surface area contributed by atoms with Crippen molar-refractivity contribution >= 4 is 52.2 Å². The molecule has 3 amide bonds. The number of H-pyrrole nitrogens is 1. The minimum atomic E-state index is -0.695. The minimum absolute atomic E-state index is 0.202. The SMILES string of the molecule is Cc1ccc(N2C(=O)C3Sc4[nH]c(=O)sc4C(c4cccc(OCC(=O)Nc5ccccc5)c4)C3C2=O)cc1. The number of aromatic amines is 1. The van der Waals surface area contributed by atoms with E-state index in [-0.39, 0.29) is 29.2 Å². The number of imide groups is 1. The summed E-state index contributed by atoms with van der Waals surface area (Å²) in [6.45, 7) is 1.74. The lowest BCUT2D eigenvalue weighted by molar-refractivity contribution is -0.122. The average molecular weight is 558 g/mol. The lowest BCUT2D eigenvalue weighted by atomic mass is 9.83. The van der Waals surface area contributed by atoms with E-state index in [1.807, 2.05) is 43.3 Å². The van der Waals surface area contributed by atoms with E-state index in [4.69, 9.17) is 4.74 Å². The summed E-state index contributed by atoms with van der Waals surface area (Å²) in [4.78, 5) is 56.7. The van der Waals surface area contributed by atoms with Crippen LogP contribution in [0.3, 0.4) is 0 Å². The van der Waals surface area contributed by atoms with Gasteiger partial charge >= 0.3 is 4.87 Å². The molecule has 8 nitrogen and oxygen atoms in total. The van der Waals surface area contributed by atoms with Gasteiger partial charge in [0.25, 0.3) is 5.91 Å². The summed E-state index contributed by atoms with van der Waals surface area (Å²) in [5.74, 6) is -1.68. The number of fused-ring (bicyclic) bond motifs is 2. The molecule has 3 atom stereocenters. The van der Waals surface area contributed by atoms with Gasteiger partial charge in [0.05, 0.1) is 16.6 Å². The molecule has 2 aliphatic rings. The summed E-state index contributed by atoms with van der Waals surface area (Å²) in [6.07, 6.45) is 0. The highest BCUT2D eigenvalue weighted by Crippen LogP contribution is 2.53. The summed E-state index contributed by atoms with van der Waals surface area (Å²) in [5.41, 5.74) is 2.96. The van der Waals surface area contributed by atoms with E-state index < -0.39 is 17.1 Å². The predicted octanol–water partition coefficient (Wildman–Crippen LogP) is 4.56. The minimum Gasteiger partial charge on any atom is -0.484 e. The summed E-state index contributed by atoms with van der Waals surface area (Å²) in [6, 6.07) is 23.5. The Kier molecular flexibility index (Phi) is 6.58. The molecule has 0 saturated carbocycles. The predicted molar refractivity (Wildman–Crippen MR) is 151 cm³/mol. The van der Waals surface area contributed by atoms with Crippen LogP contribution in [0.15, 0.2) is 88.7 Å². The Bertz CT molecular complexity index is 1630. The fraction of sp³-hybridized carbons (Fsp3) is 0.172. The van der Waals surface area contributed by atoms with Gasteiger partial charge < -0.3 is 15.0 Å². The van der Waals surface area contributed by atoms with Gasteiger partial charge in [-0.1, -0.05) is 71.1 Å². The number of aromatic nitrogens is 1. The van der Waals surface area contributed by atoms with Crippen LogP contribution < -0.4 is 19.8 Å². The third-order valence-corrected chi connectivity index (χ3v) is 9.16. The van der Waals surface area contributed by atoms with E-state index >= 15 is 0 Å². The molecule has 0 spiro atoms. The molecule has 0 bridgehead atoms. The summed E-state index contributed by atoms with van der Waals surface area (Å²) < 4.78 is 5.78. The largest absolute Gasteiger partial charge is 0.484 e. The van der Waals surface area contributed by atoms with E-state index in [1.54, 1.807) is 42.5 Å². The highest BCUT2D eigenvalue weighted by molar-refractivity contribution is 8.00. The van der Waals surface area contributed by atoms with Crippen molar-refractivity contribution in [3.63, 3.8) is 0 Å². The molecule has 1 fully saturated rings. The molecule has 2 N–H and O–H groups in total. The van der Waals surface area contributed by atoms with Crippen molar-refractivity contribution in [3.05, 3.63) is 105 Å². The molecule has 39 heavy (non-hydrogen) atoms. The van der Waals surface area contributed by atoms with Gasteiger partial charge in [-0.15, -0.1) is 0 Å². The third kappa shape index (κ3) is 4.77. The Morgan fingerprint density at radius 2 is 1.74 bits per heavy atom. The molecule has 196 valence electrons. The number of para-hydroxylation sites is 1. The quantitative estimate of drug-likeness (QED) is 0.337. The van der Waals surface area contributed by atoms with Crippen LogP contribution in [0.5, 0.6) is 5.75 Å². The standard InChI is InChI=1S/C29H23N3O5S2/c1-16-10-12-19(13-11-16)32-27(34)23-22(24-26(31-29(36)39-24)38-25(23)28(32)35)17-6-5-9-20(14-17)37-15-21(33)30-18-7-3-2-4-8-18/h2-14,22-23,25H,15H2,1H3,(H,30,33)(H,31,36). The van der Waals surface area contributed by atoms with Crippen molar-refractivity contribution < 1.29 is 19.1 Å². The zero-order valence-electron chi connectivity index (χ0n) is 20.7. The van der Waals surface area contributed by atoms with Gasteiger partial charge in [0.2, 0.25) is 11.8 Å². The Morgan fingerprint density at radius 1 is 0.974 bits per heavy atom. The van der Waals surface area contributed by atoms with Crippen LogP contribution in [-0.2, 0) is 14.4 Å². The zero-order chi connectivity index (χ0) is 27.1. The average Bonchev–Trinajstić information content (AvgIpc) is 3.43. The highest BCUT2D eigenvalue weighted by atomic mass is 32.2. The first kappa shape index (κ1) is 25.1. The number of amides is 3. The van der Waals surface area contributed by atoms with Crippen molar-refractivity contribution in [2.45, 2.75) is 23.1 Å². The third-order valence-electron chi connectivity index (χ3n) is 6.76. The van der Waals surface area contributed by atoms with Crippen LogP contribution in [0, 0.1) is 12.8 Å². The Morgan fingerprint density at radius 3 is 2.51 bits per heavy atom. The maximum atomic E-state index is 13.8. The normalized spacial score (nSPS) is 19.9. The second-order valence-electron chi connectivity index (χ2n) is 9.37. The van der Waals surface area contributed by atoms with Crippen LogP contribution in [0.4, 0.5) is 11.4 Å². The molecule has 3 heterocycles. The number of nitrogens with zero attached hydrogens (tertiary/aromatic N) is 1. The summed E-state index contributed by atoms with van der Waals surface area (Å²) >= 11 is 2.29. The first-order valence-electron chi connectivity index (χ1n) is 12.3. The fourth-order valence-electron chi connectivity index (χ4n) is 4.99. The number of benzene rings is 3. The van der Waals surface area contributed by atoms with E-state index in [0.29, 0.717) is 22.2 Å². The lowest BCUT2D eigenvalue weighted by Crippen LogP contribution is -2.32. The molecule has 1 saturated heterocycles. The maximum absolute atomic E-state index is 13.8. The van der Waals surface area contributed by atoms with Gasteiger partial charge in [-0.3, -0.25) is 19.2 Å². The first-order chi connectivity index (χ1) is 18.9. The van der Waals surface area contributed by atoms with Crippen LogP contribution in [0.25, 0.3) is 0 Å². The number of ether oxygens (including phenoxy) is 1. The van der Waals surface area contributed by atoms with Gasteiger partial charge in [-0.2, -0.15) is 0 Å². The molecule has 3 aromatic carbocycles. The molecule has 1 aromatic heterocycles. The first-order valence-corrected chi connectivity index (χ1v) is 14.0. The van der Waals surface area contributed by atoms with Gasteiger partial charge in [0.1, 0.15) is 11.0 Å². The topological polar surface area (TPSA) is 109 Å². The molecule has 0 aliphatic carbocycles. The number of rotatable bonds is 6. The van der Waals surface area contributed by atoms with E-state index in [1.165, 1.54) is 16.7 Å². The maximum Gasteiger partial charge on any atom is 0.305 e. The van der Waals surface area contributed by atoms with Crippen LogP contribution in [-0.4, -0.2) is 34.6 Å².